The molecule has 0 aromatic heterocycles. The predicted octanol–water partition coefficient (Wildman–Crippen LogP) is 4.01. The van der Waals surface area contributed by atoms with Gasteiger partial charge in [0.15, 0.2) is 5.78 Å². The van der Waals surface area contributed by atoms with Gasteiger partial charge in [-0.15, -0.1) is 0 Å². The summed E-state index contributed by atoms with van der Waals surface area (Å²) in [4.78, 5) is 29.0. The van der Waals surface area contributed by atoms with Gasteiger partial charge in [0.05, 0.1) is 5.92 Å². The highest BCUT2D eigenvalue weighted by molar-refractivity contribution is 6.33. The van der Waals surface area contributed by atoms with E-state index in [9.17, 15) is 9.59 Å². The molecule has 6 rings (SSSR count). The molecule has 3 aliphatic carbocycles. The number of carbonyl (C=O) groups excluding carboxylic acids is 2. The first-order chi connectivity index (χ1) is 15.1. The zero-order valence-electron chi connectivity index (χ0n) is 17.6. The van der Waals surface area contributed by atoms with E-state index in [0.29, 0.717) is 17.2 Å². The van der Waals surface area contributed by atoms with Gasteiger partial charge in [0.1, 0.15) is 11.8 Å². The second-order valence-corrected chi connectivity index (χ2v) is 9.96. The average Bonchev–Trinajstić information content (AvgIpc) is 3.01. The summed E-state index contributed by atoms with van der Waals surface area (Å²) in [5.41, 5.74) is 5.29. The summed E-state index contributed by atoms with van der Waals surface area (Å²) in [6.45, 7) is 0.742. The summed E-state index contributed by atoms with van der Waals surface area (Å²) in [5.74, 6) is 0.806. The predicted molar refractivity (Wildman–Crippen MR) is 119 cm³/mol. The van der Waals surface area contributed by atoms with Crippen LogP contribution in [0.4, 0.5) is 0 Å². The van der Waals surface area contributed by atoms with Crippen molar-refractivity contribution in [3.63, 3.8) is 0 Å². The van der Waals surface area contributed by atoms with Gasteiger partial charge in [0, 0.05) is 70.5 Å². The molecule has 3 heterocycles. The van der Waals surface area contributed by atoms with Crippen LogP contribution in [0.3, 0.4) is 0 Å². The Balaban J connectivity index is 1.49. The van der Waals surface area contributed by atoms with Gasteiger partial charge in [-0.3, -0.25) is 9.59 Å². The van der Waals surface area contributed by atoms with Gasteiger partial charge in [-0.2, -0.15) is 0 Å². The van der Waals surface area contributed by atoms with Crippen LogP contribution in [0.1, 0.15) is 51.4 Å². The number of allylic oxidation sites excluding steroid dienone is 4. The van der Waals surface area contributed by atoms with Crippen molar-refractivity contribution in [2.75, 3.05) is 6.54 Å². The molecule has 162 valence electrons. The molecule has 1 saturated heterocycles. The third kappa shape index (κ3) is 2.89. The van der Waals surface area contributed by atoms with Crippen molar-refractivity contribution in [2.24, 2.45) is 17.8 Å². The molecule has 0 spiro atoms. The fraction of sp³-hybridized carbons (Fsp3) is 0.520. The fourth-order valence-electron chi connectivity index (χ4n) is 6.46. The highest BCUT2D eigenvalue weighted by Gasteiger charge is 2.51. The number of hydrogen-bond donors (Lipinski definition) is 2. The number of dihydropyridines is 1. The highest BCUT2D eigenvalue weighted by atomic mass is 35.5. The van der Waals surface area contributed by atoms with E-state index in [0.717, 1.165) is 67.7 Å². The summed E-state index contributed by atoms with van der Waals surface area (Å²) < 4.78 is 0. The standard InChI is InChI=1S/C25H28ClN3O2/c26-19-8-9-21(30)23-18(19)13-28-22-16(25(31)14-4-2-1-3-5-14)7-6-15-17-12-27-11-10-20(17)29(23)24(15)22/h8,10,12-16,23,27-28H,1-7,9,11H2. The SMILES string of the molecule is O=C(C1CCCCC1)C1CCC2C3=CNCC=C3N3C2=C1NC=C1C(Cl)=CCC(=O)C13. The van der Waals surface area contributed by atoms with E-state index in [2.05, 4.69) is 27.8 Å². The Morgan fingerprint density at radius 2 is 1.87 bits per heavy atom. The third-order valence-corrected chi connectivity index (χ3v) is 8.28. The van der Waals surface area contributed by atoms with Crippen molar-refractivity contribution < 1.29 is 9.59 Å². The van der Waals surface area contributed by atoms with Crippen molar-refractivity contribution in [3.05, 3.63) is 57.8 Å². The Kier molecular flexibility index (Phi) is 4.64. The molecule has 3 aliphatic heterocycles. The van der Waals surface area contributed by atoms with Crippen LogP contribution in [0.5, 0.6) is 0 Å². The monoisotopic (exact) mass is 437 g/mol. The normalized spacial score (nSPS) is 32.4. The summed E-state index contributed by atoms with van der Waals surface area (Å²) in [6.07, 6.45) is 15.7. The molecule has 0 bridgehead atoms. The molecule has 1 saturated carbocycles. The van der Waals surface area contributed by atoms with Gasteiger partial charge in [-0.1, -0.05) is 36.9 Å². The average molecular weight is 438 g/mol. The molecular formula is C25H28ClN3O2. The number of nitrogens with one attached hydrogen (secondary N) is 2. The number of Topliss-reactive ketones (excluding diaryl/α,β-unsaturated/α-hetero) is 2. The Bertz CT molecular complexity index is 1010. The number of carbonyl (C=O) groups is 2. The Hall–Kier alpha value is -2.27. The van der Waals surface area contributed by atoms with Crippen LogP contribution in [0, 0.1) is 17.8 Å². The molecule has 3 atom stereocenters. The maximum atomic E-state index is 13.7. The van der Waals surface area contributed by atoms with Crippen molar-refractivity contribution in [1.29, 1.82) is 0 Å². The smallest absolute Gasteiger partial charge is 0.164 e. The molecular weight excluding hydrogens is 410 g/mol. The zero-order chi connectivity index (χ0) is 21.1. The van der Waals surface area contributed by atoms with Gasteiger partial charge in [-0.05, 0) is 31.8 Å². The van der Waals surface area contributed by atoms with E-state index in [1.807, 2.05) is 12.3 Å². The summed E-state index contributed by atoms with van der Waals surface area (Å²) in [5, 5.41) is 7.50. The van der Waals surface area contributed by atoms with E-state index >= 15 is 0 Å². The van der Waals surface area contributed by atoms with E-state index in [4.69, 9.17) is 11.6 Å². The number of rotatable bonds is 2. The quantitative estimate of drug-likeness (QED) is 0.683. The molecule has 0 radical (unpaired) electrons. The Labute approximate surface area is 188 Å². The molecule has 3 unspecified atom stereocenters. The van der Waals surface area contributed by atoms with Crippen LogP contribution in [0.15, 0.2) is 57.8 Å². The maximum Gasteiger partial charge on any atom is 0.164 e. The molecule has 31 heavy (non-hydrogen) atoms. The lowest BCUT2D eigenvalue weighted by atomic mass is 9.74. The molecule has 6 aliphatic rings. The molecule has 0 aromatic rings. The van der Waals surface area contributed by atoms with Gasteiger partial charge < -0.3 is 15.5 Å². The fourth-order valence-corrected chi connectivity index (χ4v) is 6.70. The first-order valence-electron chi connectivity index (χ1n) is 11.7. The van der Waals surface area contributed by atoms with Crippen LogP contribution in [-0.4, -0.2) is 29.1 Å². The lowest BCUT2D eigenvalue weighted by Gasteiger charge is -2.37. The number of hydrogen-bond acceptors (Lipinski definition) is 5. The van der Waals surface area contributed by atoms with Crippen molar-refractivity contribution in [1.82, 2.24) is 15.5 Å². The molecule has 6 heteroatoms. The molecule has 5 nitrogen and oxygen atoms in total. The minimum absolute atomic E-state index is 0.124. The van der Waals surface area contributed by atoms with Crippen molar-refractivity contribution in [2.45, 2.75) is 57.4 Å². The second-order valence-electron chi connectivity index (χ2n) is 9.56. The summed E-state index contributed by atoms with van der Waals surface area (Å²) in [6, 6.07) is -0.418. The number of fused-ring (bicyclic) bond motifs is 5. The Morgan fingerprint density at radius 1 is 1.03 bits per heavy atom. The highest BCUT2D eigenvalue weighted by Crippen LogP contribution is 2.53. The van der Waals surface area contributed by atoms with Gasteiger partial charge >= 0.3 is 0 Å². The van der Waals surface area contributed by atoms with E-state index < -0.39 is 6.04 Å². The second kappa shape index (κ2) is 7.40. The van der Waals surface area contributed by atoms with Crippen molar-refractivity contribution in [3.8, 4) is 0 Å². The van der Waals surface area contributed by atoms with Crippen LogP contribution >= 0.6 is 11.6 Å². The van der Waals surface area contributed by atoms with Gasteiger partial charge in [-0.25, -0.2) is 0 Å². The number of ketones is 2. The number of nitrogens with zero attached hydrogens (tertiary/aromatic N) is 1. The maximum absolute atomic E-state index is 13.7. The molecule has 2 fully saturated rings. The first-order valence-corrected chi connectivity index (χ1v) is 12.1. The van der Waals surface area contributed by atoms with E-state index in [1.165, 1.54) is 12.0 Å². The van der Waals surface area contributed by atoms with Gasteiger partial charge in [0.25, 0.3) is 0 Å². The van der Waals surface area contributed by atoms with Gasteiger partial charge in [0.2, 0.25) is 0 Å². The van der Waals surface area contributed by atoms with Crippen LogP contribution in [0.2, 0.25) is 0 Å². The topological polar surface area (TPSA) is 61.4 Å². The molecule has 0 aromatic carbocycles. The minimum Gasteiger partial charge on any atom is -0.387 e. The van der Waals surface area contributed by atoms with Crippen LogP contribution < -0.4 is 10.6 Å². The number of halogens is 1. The van der Waals surface area contributed by atoms with Crippen LogP contribution in [0.25, 0.3) is 0 Å². The first kappa shape index (κ1) is 19.4. The molecule has 2 N–H and O–H groups in total. The lowest BCUT2D eigenvalue weighted by Crippen LogP contribution is -2.42. The third-order valence-electron chi connectivity index (χ3n) is 7.91. The van der Waals surface area contributed by atoms with Crippen LogP contribution in [-0.2, 0) is 9.59 Å². The minimum atomic E-state index is -0.418. The largest absolute Gasteiger partial charge is 0.387 e. The summed E-state index contributed by atoms with van der Waals surface area (Å²) in [7, 11) is 0. The molecule has 0 amide bonds. The van der Waals surface area contributed by atoms with E-state index in [-0.39, 0.29) is 23.5 Å². The van der Waals surface area contributed by atoms with Crippen molar-refractivity contribution >= 4 is 23.2 Å². The lowest BCUT2D eigenvalue weighted by molar-refractivity contribution is -0.127. The summed E-state index contributed by atoms with van der Waals surface area (Å²) >= 11 is 6.60. The van der Waals surface area contributed by atoms with E-state index in [1.54, 1.807) is 0 Å². The Morgan fingerprint density at radius 3 is 2.71 bits per heavy atom. The zero-order valence-corrected chi connectivity index (χ0v) is 18.4.